The molecule has 1 aliphatic heterocycles. The molecule has 1 fully saturated rings. The number of nitrogens with zero attached hydrogens (tertiary/aromatic N) is 2. The number of para-hydroxylation sites is 2. The highest BCUT2D eigenvalue weighted by atomic mass is 32.2. The van der Waals surface area contributed by atoms with Crippen molar-refractivity contribution in [3.63, 3.8) is 0 Å². The first-order chi connectivity index (χ1) is 14.7. The van der Waals surface area contributed by atoms with Gasteiger partial charge < -0.3 is 5.32 Å². The maximum atomic E-state index is 13.2. The molecule has 5 nitrogen and oxygen atoms in total. The Bertz CT molecular complexity index is 1040. The summed E-state index contributed by atoms with van der Waals surface area (Å²) in [5, 5.41) is 2.97. The number of carbonyl (C=O) groups is 2. The number of hydrogen-bond acceptors (Lipinski definition) is 4. The third-order valence-electron chi connectivity index (χ3n) is 4.63. The predicted molar refractivity (Wildman–Crippen MR) is 122 cm³/mol. The Kier molecular flexibility index (Phi) is 6.25. The third-order valence-corrected chi connectivity index (χ3v) is 5.77. The number of hydrogen-bond donors (Lipinski definition) is 1. The fourth-order valence-corrected chi connectivity index (χ4v) is 4.29. The summed E-state index contributed by atoms with van der Waals surface area (Å²) in [7, 11) is 0. The molecular weight excluding hydrogens is 394 g/mol. The van der Waals surface area contributed by atoms with Crippen LogP contribution in [0.25, 0.3) is 0 Å². The number of amides is 2. The summed E-state index contributed by atoms with van der Waals surface area (Å²) < 4.78 is 0. The van der Waals surface area contributed by atoms with Crippen molar-refractivity contribution in [2.75, 3.05) is 4.90 Å². The molecule has 3 aromatic rings. The molecule has 150 valence electrons. The summed E-state index contributed by atoms with van der Waals surface area (Å²) in [6, 6.07) is 28.6. The van der Waals surface area contributed by atoms with Crippen molar-refractivity contribution in [1.29, 1.82) is 0 Å². The molecule has 1 heterocycles. The van der Waals surface area contributed by atoms with Gasteiger partial charge in [0.1, 0.15) is 5.25 Å². The van der Waals surface area contributed by atoms with E-state index in [1.54, 1.807) is 4.90 Å². The number of thioether (sulfide) groups is 1. The quantitative estimate of drug-likeness (QED) is 0.643. The van der Waals surface area contributed by atoms with Gasteiger partial charge in [0.2, 0.25) is 11.8 Å². The second-order valence-corrected chi connectivity index (χ2v) is 7.98. The average molecular weight is 416 g/mol. The van der Waals surface area contributed by atoms with Gasteiger partial charge in [-0.25, -0.2) is 4.99 Å². The standard InChI is InChI=1S/C24H21N3O2S/c28-22(25-17-18-10-4-1-5-11-18)16-21-23(29)27(20-14-8-3-9-15-20)24(30-21)26-19-12-6-2-7-13-19/h1-15,21H,16-17H2,(H,25,28)/t21-/m1/s1. The molecule has 1 saturated heterocycles. The first-order valence-electron chi connectivity index (χ1n) is 9.71. The van der Waals surface area contributed by atoms with Crippen LogP contribution in [-0.4, -0.2) is 22.2 Å². The highest BCUT2D eigenvalue weighted by Crippen LogP contribution is 2.35. The van der Waals surface area contributed by atoms with Gasteiger partial charge in [-0.05, 0) is 29.8 Å². The molecule has 0 unspecified atom stereocenters. The van der Waals surface area contributed by atoms with Crippen LogP contribution in [0.5, 0.6) is 0 Å². The van der Waals surface area contributed by atoms with Gasteiger partial charge in [-0.15, -0.1) is 0 Å². The zero-order valence-corrected chi connectivity index (χ0v) is 17.1. The molecule has 0 spiro atoms. The second kappa shape index (κ2) is 9.41. The van der Waals surface area contributed by atoms with E-state index in [1.165, 1.54) is 11.8 Å². The molecule has 4 rings (SSSR count). The molecule has 1 aliphatic rings. The van der Waals surface area contributed by atoms with Crippen LogP contribution < -0.4 is 10.2 Å². The molecule has 0 radical (unpaired) electrons. The van der Waals surface area contributed by atoms with Crippen molar-refractivity contribution in [2.45, 2.75) is 18.2 Å². The molecule has 30 heavy (non-hydrogen) atoms. The first kappa shape index (κ1) is 19.9. The van der Waals surface area contributed by atoms with E-state index in [0.717, 1.165) is 16.9 Å². The molecule has 1 N–H and O–H groups in total. The lowest BCUT2D eigenvalue weighted by Gasteiger charge is -2.16. The molecular formula is C24H21N3O2S. The van der Waals surface area contributed by atoms with Crippen LogP contribution in [0.15, 0.2) is 96.0 Å². The minimum Gasteiger partial charge on any atom is -0.352 e. The molecule has 2 amide bonds. The summed E-state index contributed by atoms with van der Waals surface area (Å²) in [6.07, 6.45) is 0.105. The number of nitrogens with one attached hydrogen (secondary N) is 1. The zero-order valence-electron chi connectivity index (χ0n) is 16.3. The topological polar surface area (TPSA) is 61.8 Å². The van der Waals surface area contributed by atoms with Gasteiger partial charge in [-0.1, -0.05) is 78.5 Å². The van der Waals surface area contributed by atoms with E-state index >= 15 is 0 Å². The number of aliphatic imine (C=N–C) groups is 1. The van der Waals surface area contributed by atoms with E-state index < -0.39 is 5.25 Å². The van der Waals surface area contributed by atoms with Crippen LogP contribution in [-0.2, 0) is 16.1 Å². The largest absolute Gasteiger partial charge is 0.352 e. The predicted octanol–water partition coefficient (Wildman–Crippen LogP) is 4.53. The first-order valence-corrected chi connectivity index (χ1v) is 10.6. The molecule has 3 aromatic carbocycles. The van der Waals surface area contributed by atoms with Crippen LogP contribution in [0.2, 0.25) is 0 Å². The van der Waals surface area contributed by atoms with Crippen molar-refractivity contribution < 1.29 is 9.59 Å². The number of carbonyl (C=O) groups excluding carboxylic acids is 2. The van der Waals surface area contributed by atoms with Gasteiger partial charge in [-0.2, -0.15) is 0 Å². The maximum Gasteiger partial charge on any atom is 0.247 e. The van der Waals surface area contributed by atoms with Crippen LogP contribution in [0.1, 0.15) is 12.0 Å². The zero-order chi connectivity index (χ0) is 20.8. The van der Waals surface area contributed by atoms with Crippen LogP contribution >= 0.6 is 11.8 Å². The van der Waals surface area contributed by atoms with E-state index in [4.69, 9.17) is 0 Å². The lowest BCUT2D eigenvalue weighted by Crippen LogP contribution is -2.34. The van der Waals surface area contributed by atoms with Gasteiger partial charge >= 0.3 is 0 Å². The van der Waals surface area contributed by atoms with Gasteiger partial charge in [0.15, 0.2) is 5.17 Å². The number of anilines is 1. The number of rotatable bonds is 6. The Morgan fingerprint density at radius 1 is 0.900 bits per heavy atom. The summed E-state index contributed by atoms with van der Waals surface area (Å²) >= 11 is 1.33. The smallest absolute Gasteiger partial charge is 0.247 e. The normalized spacial score (nSPS) is 17.3. The van der Waals surface area contributed by atoms with Crippen molar-refractivity contribution in [2.24, 2.45) is 4.99 Å². The van der Waals surface area contributed by atoms with Gasteiger partial charge in [0, 0.05) is 13.0 Å². The summed E-state index contributed by atoms with van der Waals surface area (Å²) in [6.45, 7) is 0.443. The van der Waals surface area contributed by atoms with E-state index in [9.17, 15) is 9.59 Å². The number of amidine groups is 1. The summed E-state index contributed by atoms with van der Waals surface area (Å²) in [4.78, 5) is 31.9. The minimum atomic E-state index is -0.511. The lowest BCUT2D eigenvalue weighted by atomic mass is 10.2. The highest BCUT2D eigenvalue weighted by Gasteiger charge is 2.40. The fourth-order valence-electron chi connectivity index (χ4n) is 3.14. The van der Waals surface area contributed by atoms with Crippen LogP contribution in [0.4, 0.5) is 11.4 Å². The molecule has 0 aromatic heterocycles. The minimum absolute atomic E-state index is 0.105. The Morgan fingerprint density at radius 2 is 1.50 bits per heavy atom. The van der Waals surface area contributed by atoms with Crippen LogP contribution in [0.3, 0.4) is 0 Å². The van der Waals surface area contributed by atoms with Crippen molar-refractivity contribution >= 4 is 40.1 Å². The van der Waals surface area contributed by atoms with Gasteiger partial charge in [-0.3, -0.25) is 14.5 Å². The van der Waals surface area contributed by atoms with E-state index in [-0.39, 0.29) is 18.2 Å². The Morgan fingerprint density at radius 3 is 2.17 bits per heavy atom. The van der Waals surface area contributed by atoms with Gasteiger partial charge in [0.25, 0.3) is 0 Å². The van der Waals surface area contributed by atoms with E-state index in [0.29, 0.717) is 11.7 Å². The Labute approximate surface area is 179 Å². The SMILES string of the molecule is O=C(C[C@H]1SC(=Nc2ccccc2)N(c2ccccc2)C1=O)NCc1ccccc1. The summed E-state index contributed by atoms with van der Waals surface area (Å²) in [5.74, 6) is -0.283. The van der Waals surface area contributed by atoms with Crippen LogP contribution in [0, 0.1) is 0 Å². The monoisotopic (exact) mass is 415 g/mol. The molecule has 6 heteroatoms. The van der Waals surface area contributed by atoms with Gasteiger partial charge in [0.05, 0.1) is 11.4 Å². The Balaban J connectivity index is 1.51. The van der Waals surface area contributed by atoms with E-state index in [2.05, 4.69) is 10.3 Å². The molecule has 0 aliphatic carbocycles. The average Bonchev–Trinajstić information content (AvgIpc) is 3.08. The third kappa shape index (κ3) is 4.78. The second-order valence-electron chi connectivity index (χ2n) is 6.81. The number of benzene rings is 3. The van der Waals surface area contributed by atoms with Crippen molar-refractivity contribution in [3.8, 4) is 0 Å². The molecule has 1 atom stereocenters. The summed E-state index contributed by atoms with van der Waals surface area (Å²) in [5.41, 5.74) is 2.54. The Hall–Kier alpha value is -3.38. The lowest BCUT2D eigenvalue weighted by molar-refractivity contribution is -0.124. The van der Waals surface area contributed by atoms with Crippen molar-refractivity contribution in [3.05, 3.63) is 96.6 Å². The highest BCUT2D eigenvalue weighted by molar-refractivity contribution is 8.16. The fraction of sp³-hybridized carbons (Fsp3) is 0.125. The molecule has 0 bridgehead atoms. The maximum absolute atomic E-state index is 13.2. The molecule has 0 saturated carbocycles. The van der Waals surface area contributed by atoms with Crippen molar-refractivity contribution in [1.82, 2.24) is 5.32 Å². The van der Waals surface area contributed by atoms with E-state index in [1.807, 2.05) is 91.0 Å².